The minimum Gasteiger partial charge on any atom is -0.381 e. The van der Waals surface area contributed by atoms with E-state index < -0.39 is 4.92 Å². The van der Waals surface area contributed by atoms with Crippen molar-refractivity contribution in [1.82, 2.24) is 10.6 Å². The van der Waals surface area contributed by atoms with Crippen LogP contribution in [0, 0.1) is 16.0 Å². The molecule has 0 aromatic carbocycles. The summed E-state index contributed by atoms with van der Waals surface area (Å²) >= 11 is 1.36. The average molecular weight is 289 g/mol. The van der Waals surface area contributed by atoms with E-state index in [9.17, 15) is 10.1 Å². The smallest absolute Gasteiger partial charge is 0.263 e. The highest BCUT2D eigenvalue weighted by atomic mass is 32.2. The molecule has 6 nitrogen and oxygen atoms in total. The van der Waals surface area contributed by atoms with Gasteiger partial charge in [0.1, 0.15) is 5.03 Å². The standard InChI is InChI=1S/C12H23N3O3S/c1-19-12(9-15(16)17)14-6-3-2-5-13-8-11-4-7-18-10-11/h9,11,13-14H,2-8,10H2,1H3. The third-order valence-corrected chi connectivity index (χ3v) is 3.67. The fourth-order valence-electron chi connectivity index (χ4n) is 1.90. The molecule has 0 aromatic heterocycles. The second-order valence-electron chi connectivity index (χ2n) is 4.55. The molecule has 1 saturated heterocycles. The van der Waals surface area contributed by atoms with Crippen molar-refractivity contribution in [3.8, 4) is 0 Å². The van der Waals surface area contributed by atoms with Gasteiger partial charge in [0, 0.05) is 19.7 Å². The van der Waals surface area contributed by atoms with Crippen molar-refractivity contribution in [2.45, 2.75) is 19.3 Å². The number of hydrogen-bond donors (Lipinski definition) is 2. The zero-order chi connectivity index (χ0) is 13.9. The van der Waals surface area contributed by atoms with Crippen LogP contribution < -0.4 is 10.6 Å². The molecule has 1 unspecified atom stereocenters. The largest absolute Gasteiger partial charge is 0.381 e. The Balaban J connectivity index is 1.93. The minimum atomic E-state index is -0.427. The summed E-state index contributed by atoms with van der Waals surface area (Å²) < 4.78 is 5.31. The summed E-state index contributed by atoms with van der Waals surface area (Å²) in [5.41, 5.74) is 0. The molecule has 0 amide bonds. The lowest BCUT2D eigenvalue weighted by molar-refractivity contribution is -0.403. The molecule has 2 N–H and O–H groups in total. The van der Waals surface area contributed by atoms with Gasteiger partial charge in [0.2, 0.25) is 0 Å². The van der Waals surface area contributed by atoms with Gasteiger partial charge in [-0.05, 0) is 38.0 Å². The van der Waals surface area contributed by atoms with Gasteiger partial charge >= 0.3 is 0 Å². The van der Waals surface area contributed by atoms with Crippen LogP contribution in [0.1, 0.15) is 19.3 Å². The number of nitrogens with one attached hydrogen (secondary N) is 2. The highest BCUT2D eigenvalue weighted by Gasteiger charge is 2.14. The molecule has 0 bridgehead atoms. The molecule has 1 heterocycles. The van der Waals surface area contributed by atoms with E-state index in [1.807, 2.05) is 6.26 Å². The number of thioether (sulfide) groups is 1. The molecule has 1 atom stereocenters. The summed E-state index contributed by atoms with van der Waals surface area (Å²) in [4.78, 5) is 9.90. The maximum absolute atomic E-state index is 10.3. The van der Waals surface area contributed by atoms with Crippen LogP contribution in [0.25, 0.3) is 0 Å². The van der Waals surface area contributed by atoms with E-state index in [2.05, 4.69) is 10.6 Å². The number of ether oxygens (including phenoxy) is 1. The molecule has 19 heavy (non-hydrogen) atoms. The van der Waals surface area contributed by atoms with Crippen molar-refractivity contribution in [2.24, 2.45) is 5.92 Å². The SMILES string of the molecule is CSC(=C[N+](=O)[O-])NCCCCNCC1CCOC1. The van der Waals surface area contributed by atoms with Crippen LogP contribution in [-0.4, -0.2) is 44.0 Å². The summed E-state index contributed by atoms with van der Waals surface area (Å²) in [6.07, 6.45) is 6.08. The summed E-state index contributed by atoms with van der Waals surface area (Å²) in [7, 11) is 0. The van der Waals surface area contributed by atoms with Crippen LogP contribution in [0.3, 0.4) is 0 Å². The van der Waals surface area contributed by atoms with Crippen LogP contribution >= 0.6 is 11.8 Å². The second kappa shape index (κ2) is 10.1. The van der Waals surface area contributed by atoms with Crippen molar-refractivity contribution in [2.75, 3.05) is 39.1 Å². The van der Waals surface area contributed by atoms with Gasteiger partial charge in [0.25, 0.3) is 6.20 Å². The lowest BCUT2D eigenvalue weighted by Gasteiger charge is -2.09. The molecule has 0 spiro atoms. The maximum atomic E-state index is 10.3. The van der Waals surface area contributed by atoms with Crippen LogP contribution in [0.15, 0.2) is 11.2 Å². The van der Waals surface area contributed by atoms with Crippen molar-refractivity contribution < 1.29 is 9.66 Å². The molecular weight excluding hydrogens is 266 g/mol. The van der Waals surface area contributed by atoms with E-state index in [4.69, 9.17) is 4.74 Å². The van der Waals surface area contributed by atoms with Crippen molar-refractivity contribution in [3.05, 3.63) is 21.3 Å². The zero-order valence-electron chi connectivity index (χ0n) is 11.4. The van der Waals surface area contributed by atoms with E-state index in [0.717, 1.165) is 58.3 Å². The van der Waals surface area contributed by atoms with E-state index in [1.165, 1.54) is 11.8 Å². The van der Waals surface area contributed by atoms with Gasteiger partial charge < -0.3 is 15.4 Å². The van der Waals surface area contributed by atoms with Gasteiger partial charge in [-0.2, -0.15) is 0 Å². The number of unbranched alkanes of at least 4 members (excludes halogenated alkanes) is 1. The van der Waals surface area contributed by atoms with Crippen LogP contribution in [-0.2, 0) is 4.74 Å². The predicted octanol–water partition coefficient (Wildman–Crippen LogP) is 1.42. The fraction of sp³-hybridized carbons (Fsp3) is 0.833. The van der Waals surface area contributed by atoms with E-state index in [1.54, 1.807) is 0 Å². The first-order chi connectivity index (χ1) is 9.22. The molecule has 1 aliphatic heterocycles. The minimum absolute atomic E-state index is 0.427. The van der Waals surface area contributed by atoms with Crippen molar-refractivity contribution >= 4 is 11.8 Å². The Morgan fingerprint density at radius 2 is 2.32 bits per heavy atom. The van der Waals surface area contributed by atoms with E-state index in [0.29, 0.717) is 10.9 Å². The number of nitro groups is 1. The van der Waals surface area contributed by atoms with Gasteiger partial charge in [0.05, 0.1) is 11.5 Å². The second-order valence-corrected chi connectivity index (χ2v) is 5.40. The monoisotopic (exact) mass is 289 g/mol. The topological polar surface area (TPSA) is 76.4 Å². The van der Waals surface area contributed by atoms with E-state index in [-0.39, 0.29) is 0 Å². The third-order valence-electron chi connectivity index (χ3n) is 2.98. The Morgan fingerprint density at radius 3 is 2.95 bits per heavy atom. The Bertz CT molecular complexity index is 294. The van der Waals surface area contributed by atoms with Gasteiger partial charge in [-0.15, -0.1) is 11.8 Å². The quantitative estimate of drug-likeness (QED) is 0.360. The van der Waals surface area contributed by atoms with Crippen molar-refractivity contribution in [1.29, 1.82) is 0 Å². The van der Waals surface area contributed by atoms with Crippen LogP contribution in [0.5, 0.6) is 0 Å². The molecular formula is C12H23N3O3S. The molecule has 0 radical (unpaired) electrons. The molecule has 1 fully saturated rings. The number of rotatable bonds is 10. The Hall–Kier alpha value is -0.790. The number of nitrogens with zero attached hydrogens (tertiary/aromatic N) is 1. The van der Waals surface area contributed by atoms with Gasteiger partial charge in [0.15, 0.2) is 0 Å². The first-order valence-corrected chi connectivity index (χ1v) is 7.86. The van der Waals surface area contributed by atoms with Crippen LogP contribution in [0.2, 0.25) is 0 Å². The van der Waals surface area contributed by atoms with E-state index >= 15 is 0 Å². The molecule has 7 heteroatoms. The first kappa shape index (κ1) is 16.3. The zero-order valence-corrected chi connectivity index (χ0v) is 12.2. The maximum Gasteiger partial charge on any atom is 0.263 e. The Labute approximate surface area is 118 Å². The van der Waals surface area contributed by atoms with Gasteiger partial charge in [-0.3, -0.25) is 10.1 Å². The molecule has 1 rings (SSSR count). The average Bonchev–Trinajstić information content (AvgIpc) is 2.88. The van der Waals surface area contributed by atoms with Crippen LogP contribution in [0.4, 0.5) is 0 Å². The van der Waals surface area contributed by atoms with Gasteiger partial charge in [-0.1, -0.05) is 0 Å². The Kier molecular flexibility index (Phi) is 8.61. The summed E-state index contributed by atoms with van der Waals surface area (Å²) in [5.74, 6) is 0.671. The normalized spacial score (nSPS) is 19.6. The first-order valence-electron chi connectivity index (χ1n) is 6.64. The highest BCUT2D eigenvalue weighted by molar-refractivity contribution is 8.02. The lowest BCUT2D eigenvalue weighted by atomic mass is 10.1. The predicted molar refractivity (Wildman–Crippen MR) is 77.6 cm³/mol. The molecule has 0 saturated carbocycles. The van der Waals surface area contributed by atoms with Gasteiger partial charge in [-0.25, -0.2) is 0 Å². The summed E-state index contributed by atoms with van der Waals surface area (Å²) in [5, 5.41) is 17.4. The Morgan fingerprint density at radius 1 is 1.53 bits per heavy atom. The fourth-order valence-corrected chi connectivity index (χ4v) is 2.34. The molecule has 0 aliphatic carbocycles. The molecule has 110 valence electrons. The number of hydrogen-bond acceptors (Lipinski definition) is 6. The lowest BCUT2D eigenvalue weighted by Crippen LogP contribution is -2.24. The molecule has 0 aromatic rings. The third kappa shape index (κ3) is 8.07. The summed E-state index contributed by atoms with van der Waals surface area (Å²) in [6, 6.07) is 0. The highest BCUT2D eigenvalue weighted by Crippen LogP contribution is 2.10. The molecule has 1 aliphatic rings. The summed E-state index contributed by atoms with van der Waals surface area (Å²) in [6.45, 7) is 4.58. The van der Waals surface area contributed by atoms with Crippen molar-refractivity contribution in [3.63, 3.8) is 0 Å².